The summed E-state index contributed by atoms with van der Waals surface area (Å²) < 4.78 is 17.2. The van der Waals surface area contributed by atoms with Gasteiger partial charge in [-0.15, -0.1) is 11.3 Å². The van der Waals surface area contributed by atoms with Crippen molar-refractivity contribution in [3.05, 3.63) is 59.1 Å². The van der Waals surface area contributed by atoms with E-state index < -0.39 is 5.97 Å². The summed E-state index contributed by atoms with van der Waals surface area (Å²) in [5.41, 5.74) is 1.96. The summed E-state index contributed by atoms with van der Waals surface area (Å²) in [4.78, 5) is 15.2. The maximum atomic E-state index is 11.0. The molecule has 28 heavy (non-hydrogen) atoms. The Morgan fingerprint density at radius 2 is 1.89 bits per heavy atom. The Morgan fingerprint density at radius 3 is 2.61 bits per heavy atom. The molecule has 3 rings (SSSR count). The Hall–Kier alpha value is -3.06. The van der Waals surface area contributed by atoms with Gasteiger partial charge in [0.2, 0.25) is 0 Å². The van der Waals surface area contributed by atoms with Crippen molar-refractivity contribution >= 4 is 17.3 Å². The molecule has 0 unspecified atom stereocenters. The monoisotopic (exact) mass is 399 g/mol. The Bertz CT molecular complexity index is 953. The van der Waals surface area contributed by atoms with E-state index in [2.05, 4.69) is 4.98 Å². The van der Waals surface area contributed by atoms with E-state index >= 15 is 0 Å². The lowest BCUT2D eigenvalue weighted by Gasteiger charge is -2.13. The van der Waals surface area contributed by atoms with E-state index in [4.69, 9.17) is 19.3 Å². The second-order valence-electron chi connectivity index (χ2n) is 5.95. The van der Waals surface area contributed by atoms with Crippen molar-refractivity contribution in [1.82, 2.24) is 4.98 Å². The van der Waals surface area contributed by atoms with Crippen LogP contribution in [0.1, 0.15) is 23.0 Å². The molecule has 0 saturated carbocycles. The number of thiazole rings is 1. The van der Waals surface area contributed by atoms with Gasteiger partial charge in [-0.3, -0.25) is 0 Å². The zero-order chi connectivity index (χ0) is 19.9. The highest BCUT2D eigenvalue weighted by atomic mass is 32.1. The number of carboxylic acids is 1. The lowest BCUT2D eigenvalue weighted by molar-refractivity contribution is 0.0691. The summed E-state index contributed by atoms with van der Waals surface area (Å²) in [5, 5.41) is 11.2. The molecule has 0 amide bonds. The molecule has 2 aromatic carbocycles. The molecule has 0 saturated heterocycles. The van der Waals surface area contributed by atoms with Crippen molar-refractivity contribution in [2.45, 2.75) is 13.8 Å². The zero-order valence-corrected chi connectivity index (χ0v) is 16.5. The number of aromatic nitrogens is 1. The Labute approximate surface area is 167 Å². The van der Waals surface area contributed by atoms with Crippen molar-refractivity contribution in [2.24, 2.45) is 0 Å². The van der Waals surface area contributed by atoms with Gasteiger partial charge in [-0.1, -0.05) is 12.1 Å². The van der Waals surface area contributed by atoms with Gasteiger partial charge in [0.15, 0.2) is 17.2 Å². The van der Waals surface area contributed by atoms with Gasteiger partial charge in [0.1, 0.15) is 24.0 Å². The fraction of sp³-hybridized carbons (Fsp3) is 0.238. The first-order valence-corrected chi connectivity index (χ1v) is 9.73. The van der Waals surface area contributed by atoms with Crippen LogP contribution in [0.3, 0.4) is 0 Å². The van der Waals surface area contributed by atoms with E-state index in [0.717, 1.165) is 16.9 Å². The lowest BCUT2D eigenvalue weighted by atomic mass is 10.2. The van der Waals surface area contributed by atoms with Crippen LogP contribution >= 0.6 is 11.3 Å². The molecule has 0 spiro atoms. The smallest absolute Gasteiger partial charge is 0.355 e. The molecule has 146 valence electrons. The molecule has 0 aliphatic carbocycles. The second-order valence-corrected chi connectivity index (χ2v) is 6.81. The van der Waals surface area contributed by atoms with Gasteiger partial charge in [-0.05, 0) is 49.7 Å². The number of aryl methyl sites for hydroxylation is 1. The Balaban J connectivity index is 1.65. The molecule has 0 radical (unpaired) electrons. The van der Waals surface area contributed by atoms with E-state index in [1.54, 1.807) is 6.07 Å². The summed E-state index contributed by atoms with van der Waals surface area (Å²) in [6.45, 7) is 5.17. The van der Waals surface area contributed by atoms with Crippen molar-refractivity contribution in [3.8, 4) is 27.8 Å². The van der Waals surface area contributed by atoms with Gasteiger partial charge >= 0.3 is 5.97 Å². The summed E-state index contributed by atoms with van der Waals surface area (Å²) in [5.74, 6) is 0.958. The van der Waals surface area contributed by atoms with Crippen LogP contribution in [0.5, 0.6) is 17.2 Å². The Kier molecular flexibility index (Phi) is 6.49. The average Bonchev–Trinajstić information content (AvgIpc) is 3.17. The molecule has 0 atom stereocenters. The van der Waals surface area contributed by atoms with Crippen LogP contribution in [0, 0.1) is 6.92 Å². The normalized spacial score (nSPS) is 10.5. The van der Waals surface area contributed by atoms with Crippen LogP contribution in [0.4, 0.5) is 0 Å². The van der Waals surface area contributed by atoms with Crippen LogP contribution in [0.2, 0.25) is 0 Å². The van der Waals surface area contributed by atoms with E-state index in [1.807, 2.05) is 50.2 Å². The third-order valence-electron chi connectivity index (χ3n) is 3.81. The quantitative estimate of drug-likeness (QED) is 0.527. The molecule has 6 nitrogen and oxygen atoms in total. The topological polar surface area (TPSA) is 77.9 Å². The van der Waals surface area contributed by atoms with Gasteiger partial charge in [-0.25, -0.2) is 9.78 Å². The number of hydrogen-bond donors (Lipinski definition) is 1. The predicted molar refractivity (Wildman–Crippen MR) is 108 cm³/mol. The van der Waals surface area contributed by atoms with E-state index in [0.29, 0.717) is 36.3 Å². The van der Waals surface area contributed by atoms with Crippen LogP contribution < -0.4 is 14.2 Å². The first-order chi connectivity index (χ1) is 13.6. The molecule has 1 N–H and O–H groups in total. The molecular formula is C21H21NO5S. The first kappa shape index (κ1) is 19.7. The van der Waals surface area contributed by atoms with E-state index in [9.17, 15) is 4.79 Å². The van der Waals surface area contributed by atoms with Gasteiger partial charge < -0.3 is 19.3 Å². The minimum absolute atomic E-state index is 0.0339. The van der Waals surface area contributed by atoms with Crippen molar-refractivity contribution < 1.29 is 24.1 Å². The lowest BCUT2D eigenvalue weighted by Crippen LogP contribution is -2.10. The zero-order valence-electron chi connectivity index (χ0n) is 15.7. The van der Waals surface area contributed by atoms with Crippen molar-refractivity contribution in [3.63, 3.8) is 0 Å². The molecule has 3 aromatic rings. The summed E-state index contributed by atoms with van der Waals surface area (Å²) in [6.07, 6.45) is 0. The highest BCUT2D eigenvalue weighted by molar-refractivity contribution is 7.13. The minimum atomic E-state index is -1.04. The summed E-state index contributed by atoms with van der Waals surface area (Å²) in [7, 11) is 0. The number of rotatable bonds is 9. The highest BCUT2D eigenvalue weighted by Gasteiger charge is 2.13. The molecule has 1 heterocycles. The fourth-order valence-electron chi connectivity index (χ4n) is 2.55. The maximum absolute atomic E-state index is 11.0. The van der Waals surface area contributed by atoms with Crippen LogP contribution in [-0.2, 0) is 0 Å². The summed E-state index contributed by atoms with van der Waals surface area (Å²) >= 11 is 1.28. The third kappa shape index (κ3) is 5.01. The average molecular weight is 399 g/mol. The number of nitrogens with zero attached hydrogens (tertiary/aromatic N) is 1. The standard InChI is InChI=1S/C21H21NO5S/c1-3-25-19-12-15(20-22-17(13-28-20)21(23)24)7-8-18(19)27-10-9-26-16-6-4-5-14(2)11-16/h4-8,11-13H,3,9-10H2,1-2H3,(H,23,24). The van der Waals surface area contributed by atoms with Gasteiger partial charge in [0.25, 0.3) is 0 Å². The molecule has 0 fully saturated rings. The number of ether oxygens (including phenoxy) is 3. The molecule has 0 aliphatic heterocycles. The molecule has 1 aromatic heterocycles. The van der Waals surface area contributed by atoms with E-state index in [1.165, 1.54) is 16.7 Å². The number of benzene rings is 2. The molecule has 0 aliphatic rings. The van der Waals surface area contributed by atoms with Crippen LogP contribution in [0.15, 0.2) is 47.8 Å². The van der Waals surface area contributed by atoms with Crippen LogP contribution in [-0.4, -0.2) is 35.9 Å². The maximum Gasteiger partial charge on any atom is 0.355 e. The highest BCUT2D eigenvalue weighted by Crippen LogP contribution is 2.34. The minimum Gasteiger partial charge on any atom is -0.490 e. The molecule has 7 heteroatoms. The largest absolute Gasteiger partial charge is 0.490 e. The van der Waals surface area contributed by atoms with Gasteiger partial charge in [-0.2, -0.15) is 0 Å². The van der Waals surface area contributed by atoms with Gasteiger partial charge in [0.05, 0.1) is 6.61 Å². The Morgan fingerprint density at radius 1 is 1.07 bits per heavy atom. The number of hydrogen-bond acceptors (Lipinski definition) is 6. The number of aromatic carboxylic acids is 1. The number of carboxylic acid groups (broad SMARTS) is 1. The third-order valence-corrected chi connectivity index (χ3v) is 4.70. The van der Waals surface area contributed by atoms with Crippen LogP contribution in [0.25, 0.3) is 10.6 Å². The first-order valence-electron chi connectivity index (χ1n) is 8.85. The molecule has 0 bridgehead atoms. The SMILES string of the molecule is CCOc1cc(-c2nc(C(=O)O)cs2)ccc1OCCOc1cccc(C)c1. The molecular weight excluding hydrogens is 378 g/mol. The predicted octanol–water partition coefficient (Wildman–Crippen LogP) is 4.67. The van der Waals surface area contributed by atoms with Crippen molar-refractivity contribution in [1.29, 1.82) is 0 Å². The fourth-order valence-corrected chi connectivity index (χ4v) is 3.34. The number of carbonyl (C=O) groups is 1. The van der Waals surface area contributed by atoms with E-state index in [-0.39, 0.29) is 5.69 Å². The van der Waals surface area contributed by atoms with Gasteiger partial charge in [0, 0.05) is 10.9 Å². The second kappa shape index (κ2) is 9.23. The summed E-state index contributed by atoms with van der Waals surface area (Å²) in [6, 6.07) is 13.3. The van der Waals surface area contributed by atoms with Crippen molar-refractivity contribution in [2.75, 3.05) is 19.8 Å².